The van der Waals surface area contributed by atoms with Crippen molar-refractivity contribution in [3.05, 3.63) is 35.4 Å². The predicted octanol–water partition coefficient (Wildman–Crippen LogP) is 1.92. The Balaban J connectivity index is 2.26. The van der Waals surface area contributed by atoms with Crippen molar-refractivity contribution in [2.45, 2.75) is 25.3 Å². The zero-order valence-electron chi connectivity index (χ0n) is 10.0. The van der Waals surface area contributed by atoms with E-state index in [0.717, 1.165) is 37.5 Å². The van der Waals surface area contributed by atoms with Crippen LogP contribution in [0.3, 0.4) is 0 Å². The summed E-state index contributed by atoms with van der Waals surface area (Å²) in [6.45, 7) is 0.902. The number of benzene rings is 1. The van der Waals surface area contributed by atoms with E-state index in [0.29, 0.717) is 13.1 Å². The fourth-order valence-electron chi connectivity index (χ4n) is 2.33. The van der Waals surface area contributed by atoms with Gasteiger partial charge in [0.15, 0.2) is 0 Å². The normalized spacial score (nSPS) is 19.9. The predicted molar refractivity (Wildman–Crippen MR) is 64.1 cm³/mol. The Bertz CT molecular complexity index is 451. The van der Waals surface area contributed by atoms with Crippen molar-refractivity contribution in [2.24, 2.45) is 5.73 Å². The summed E-state index contributed by atoms with van der Waals surface area (Å²) in [4.78, 5) is 13.8. The van der Waals surface area contributed by atoms with Crippen LogP contribution in [0.25, 0.3) is 0 Å². The first kappa shape index (κ1) is 13.0. The van der Waals surface area contributed by atoms with Crippen LogP contribution in [0.15, 0.2) is 18.2 Å². The highest BCUT2D eigenvalue weighted by Gasteiger charge is 2.28. The molecule has 0 saturated carbocycles. The lowest BCUT2D eigenvalue weighted by Crippen LogP contribution is -2.47. The van der Waals surface area contributed by atoms with Gasteiger partial charge >= 0.3 is 0 Å². The molecule has 18 heavy (non-hydrogen) atoms. The van der Waals surface area contributed by atoms with Gasteiger partial charge < -0.3 is 10.6 Å². The molecule has 1 aliphatic heterocycles. The molecule has 2 rings (SSSR count). The number of likely N-dealkylation sites (tertiary alicyclic amines) is 1. The molecule has 2 N–H and O–H groups in total. The fourth-order valence-corrected chi connectivity index (χ4v) is 2.33. The molecular formula is C13H16F2N2O. The maximum absolute atomic E-state index is 13.6. The van der Waals surface area contributed by atoms with E-state index >= 15 is 0 Å². The molecule has 98 valence electrons. The van der Waals surface area contributed by atoms with E-state index in [1.165, 1.54) is 0 Å². The minimum Gasteiger partial charge on any atom is -0.334 e. The van der Waals surface area contributed by atoms with Gasteiger partial charge in [-0.3, -0.25) is 4.79 Å². The van der Waals surface area contributed by atoms with Crippen molar-refractivity contribution < 1.29 is 13.6 Å². The number of nitrogens with zero attached hydrogens (tertiary/aromatic N) is 1. The standard InChI is InChI=1S/C13H16F2N2O/c14-9-4-5-12(15)11(7-9)13(18)17-6-2-1-3-10(17)8-16/h4-5,7,10H,1-3,6,8,16H2. The number of halogens is 2. The highest BCUT2D eigenvalue weighted by atomic mass is 19.1. The van der Waals surface area contributed by atoms with E-state index < -0.39 is 17.5 Å². The van der Waals surface area contributed by atoms with Gasteiger partial charge in [0.2, 0.25) is 0 Å². The number of hydrogen-bond acceptors (Lipinski definition) is 2. The van der Waals surface area contributed by atoms with Gasteiger partial charge in [0.25, 0.3) is 5.91 Å². The Morgan fingerprint density at radius 1 is 1.39 bits per heavy atom. The van der Waals surface area contributed by atoms with Crippen LogP contribution in [0, 0.1) is 11.6 Å². The van der Waals surface area contributed by atoms with Crippen molar-refractivity contribution >= 4 is 5.91 Å². The van der Waals surface area contributed by atoms with Crippen LogP contribution in [-0.4, -0.2) is 29.9 Å². The molecule has 5 heteroatoms. The summed E-state index contributed by atoms with van der Waals surface area (Å²) in [7, 11) is 0. The second kappa shape index (κ2) is 5.44. The van der Waals surface area contributed by atoms with Crippen LogP contribution in [0.4, 0.5) is 8.78 Å². The molecule has 1 atom stereocenters. The third-order valence-electron chi connectivity index (χ3n) is 3.32. The minimum atomic E-state index is -0.692. The largest absolute Gasteiger partial charge is 0.334 e. The third-order valence-corrected chi connectivity index (χ3v) is 3.32. The maximum atomic E-state index is 13.6. The summed E-state index contributed by atoms with van der Waals surface area (Å²) >= 11 is 0. The number of amides is 1. The second-order valence-corrected chi connectivity index (χ2v) is 4.51. The van der Waals surface area contributed by atoms with Gasteiger partial charge in [-0.25, -0.2) is 8.78 Å². The van der Waals surface area contributed by atoms with E-state index in [9.17, 15) is 13.6 Å². The Morgan fingerprint density at radius 3 is 2.89 bits per heavy atom. The first-order valence-electron chi connectivity index (χ1n) is 6.09. The lowest BCUT2D eigenvalue weighted by molar-refractivity contribution is 0.0618. The van der Waals surface area contributed by atoms with Crippen LogP contribution in [0.2, 0.25) is 0 Å². The van der Waals surface area contributed by atoms with Crippen molar-refractivity contribution in [1.82, 2.24) is 4.90 Å². The van der Waals surface area contributed by atoms with Gasteiger partial charge in [0.05, 0.1) is 5.56 Å². The summed E-state index contributed by atoms with van der Waals surface area (Å²) < 4.78 is 26.7. The molecule has 1 amide bonds. The number of nitrogens with two attached hydrogens (primary N) is 1. The molecule has 0 aromatic heterocycles. The monoisotopic (exact) mass is 254 g/mol. The lowest BCUT2D eigenvalue weighted by atomic mass is 10.0. The van der Waals surface area contributed by atoms with Gasteiger partial charge in [-0.15, -0.1) is 0 Å². The molecule has 3 nitrogen and oxygen atoms in total. The van der Waals surface area contributed by atoms with E-state index in [2.05, 4.69) is 0 Å². The van der Waals surface area contributed by atoms with E-state index in [1.807, 2.05) is 0 Å². The number of rotatable bonds is 2. The van der Waals surface area contributed by atoms with E-state index in [4.69, 9.17) is 5.73 Å². The number of piperidine rings is 1. The average molecular weight is 254 g/mol. The van der Waals surface area contributed by atoms with Gasteiger partial charge in [0, 0.05) is 19.1 Å². The van der Waals surface area contributed by atoms with Gasteiger partial charge in [-0.05, 0) is 37.5 Å². The second-order valence-electron chi connectivity index (χ2n) is 4.51. The highest BCUT2D eigenvalue weighted by molar-refractivity contribution is 5.94. The Hall–Kier alpha value is -1.49. The first-order chi connectivity index (χ1) is 8.63. The molecule has 1 saturated heterocycles. The summed E-state index contributed by atoms with van der Waals surface area (Å²) in [5.41, 5.74) is 5.40. The molecular weight excluding hydrogens is 238 g/mol. The van der Waals surface area contributed by atoms with E-state index in [1.54, 1.807) is 4.90 Å². The summed E-state index contributed by atoms with van der Waals surface area (Å²) in [6, 6.07) is 2.85. The molecule has 1 aliphatic rings. The zero-order valence-corrected chi connectivity index (χ0v) is 10.0. The molecule has 1 aromatic rings. The van der Waals surface area contributed by atoms with Gasteiger partial charge in [-0.1, -0.05) is 0 Å². The average Bonchev–Trinajstić information content (AvgIpc) is 2.40. The van der Waals surface area contributed by atoms with Crippen LogP contribution < -0.4 is 5.73 Å². The molecule has 0 bridgehead atoms. The summed E-state index contributed by atoms with van der Waals surface area (Å²) in [5.74, 6) is -1.77. The molecule has 1 fully saturated rings. The number of carbonyl (C=O) groups excluding carboxylic acids is 1. The molecule has 0 radical (unpaired) electrons. The zero-order chi connectivity index (χ0) is 13.1. The van der Waals surface area contributed by atoms with Crippen molar-refractivity contribution in [2.75, 3.05) is 13.1 Å². The smallest absolute Gasteiger partial charge is 0.257 e. The third kappa shape index (κ3) is 2.51. The molecule has 1 heterocycles. The first-order valence-corrected chi connectivity index (χ1v) is 6.09. The van der Waals surface area contributed by atoms with Crippen molar-refractivity contribution in [3.63, 3.8) is 0 Å². The SMILES string of the molecule is NCC1CCCCN1C(=O)c1cc(F)ccc1F. The molecule has 0 aliphatic carbocycles. The molecule has 1 unspecified atom stereocenters. The quantitative estimate of drug-likeness (QED) is 0.876. The summed E-state index contributed by atoms with van der Waals surface area (Å²) in [5, 5.41) is 0. The number of carbonyl (C=O) groups is 1. The Kier molecular flexibility index (Phi) is 3.91. The molecule has 0 spiro atoms. The van der Waals surface area contributed by atoms with Crippen LogP contribution in [-0.2, 0) is 0 Å². The summed E-state index contributed by atoms with van der Waals surface area (Å²) in [6.07, 6.45) is 2.70. The van der Waals surface area contributed by atoms with Crippen molar-refractivity contribution in [3.8, 4) is 0 Å². The number of hydrogen-bond donors (Lipinski definition) is 1. The van der Waals surface area contributed by atoms with Crippen LogP contribution >= 0.6 is 0 Å². The topological polar surface area (TPSA) is 46.3 Å². The van der Waals surface area contributed by atoms with Crippen molar-refractivity contribution in [1.29, 1.82) is 0 Å². The Labute approximate surface area is 105 Å². The maximum Gasteiger partial charge on any atom is 0.257 e. The van der Waals surface area contributed by atoms with Crippen LogP contribution in [0.5, 0.6) is 0 Å². The Morgan fingerprint density at radius 2 is 2.17 bits per heavy atom. The lowest BCUT2D eigenvalue weighted by Gasteiger charge is -2.35. The molecule has 1 aromatic carbocycles. The van der Waals surface area contributed by atoms with Gasteiger partial charge in [-0.2, -0.15) is 0 Å². The van der Waals surface area contributed by atoms with E-state index in [-0.39, 0.29) is 11.6 Å². The highest BCUT2D eigenvalue weighted by Crippen LogP contribution is 2.20. The van der Waals surface area contributed by atoms with Crippen LogP contribution in [0.1, 0.15) is 29.6 Å². The minimum absolute atomic E-state index is 0.0751. The fraction of sp³-hybridized carbons (Fsp3) is 0.462. The van der Waals surface area contributed by atoms with Gasteiger partial charge in [0.1, 0.15) is 11.6 Å².